The van der Waals surface area contributed by atoms with Gasteiger partial charge in [0.1, 0.15) is 0 Å². The fourth-order valence-corrected chi connectivity index (χ4v) is 2.46. The predicted molar refractivity (Wildman–Crippen MR) is 63.8 cm³/mol. The van der Waals surface area contributed by atoms with Gasteiger partial charge in [-0.2, -0.15) is 0 Å². The summed E-state index contributed by atoms with van der Waals surface area (Å²) < 4.78 is 3.60. The van der Waals surface area contributed by atoms with Gasteiger partial charge in [0.15, 0.2) is 0 Å². The molecule has 0 bridgehead atoms. The van der Waals surface area contributed by atoms with Crippen LogP contribution in [0.3, 0.4) is 0 Å². The maximum Gasteiger partial charge on any atom is 0.0884 e. The Labute approximate surface area is 88.3 Å². The number of hydrogen-bond acceptors (Lipinski definition) is 2. The highest BCUT2D eigenvalue weighted by molar-refractivity contribution is 7.22. The van der Waals surface area contributed by atoms with Crippen LogP contribution in [-0.4, -0.2) is 4.57 Å². The molecule has 3 heteroatoms. The molecule has 2 nitrogen and oxygen atoms in total. The standard InChI is InChI=1S/C11H16N2S/c1-4-11(2,3)13-6-5-9-8(13)7-10(12)14-9/h5-7H,4,12H2,1-3H3. The van der Waals surface area contributed by atoms with Crippen molar-refractivity contribution in [2.45, 2.75) is 32.7 Å². The molecule has 0 aromatic carbocycles. The van der Waals surface area contributed by atoms with Crippen LogP contribution in [0.2, 0.25) is 0 Å². The Kier molecular flexibility index (Phi) is 2.07. The predicted octanol–water partition coefficient (Wildman–Crippen LogP) is 3.43. The molecule has 0 fully saturated rings. The first-order valence-corrected chi connectivity index (χ1v) is 5.73. The van der Waals surface area contributed by atoms with Gasteiger partial charge in [0.25, 0.3) is 0 Å². The fraction of sp³-hybridized carbons (Fsp3) is 0.455. The van der Waals surface area contributed by atoms with Crippen LogP contribution in [-0.2, 0) is 5.54 Å². The van der Waals surface area contributed by atoms with E-state index in [0.29, 0.717) is 0 Å². The van der Waals surface area contributed by atoms with E-state index in [2.05, 4.69) is 43.7 Å². The Morgan fingerprint density at radius 1 is 1.50 bits per heavy atom. The van der Waals surface area contributed by atoms with Crippen LogP contribution in [0.1, 0.15) is 27.2 Å². The van der Waals surface area contributed by atoms with Gasteiger partial charge in [0, 0.05) is 11.7 Å². The first-order valence-electron chi connectivity index (χ1n) is 4.91. The van der Waals surface area contributed by atoms with E-state index in [1.807, 2.05) is 0 Å². The second kappa shape index (κ2) is 3.02. The molecule has 76 valence electrons. The third-order valence-electron chi connectivity index (χ3n) is 2.91. The number of hydrogen-bond donors (Lipinski definition) is 1. The molecule has 0 saturated carbocycles. The van der Waals surface area contributed by atoms with E-state index >= 15 is 0 Å². The van der Waals surface area contributed by atoms with Gasteiger partial charge in [-0.05, 0) is 32.4 Å². The minimum atomic E-state index is 0.176. The molecule has 2 N–H and O–H groups in total. The molecule has 2 aromatic heterocycles. The Balaban J connectivity index is 2.62. The summed E-state index contributed by atoms with van der Waals surface area (Å²) in [5.74, 6) is 0. The third kappa shape index (κ3) is 1.32. The minimum Gasteiger partial charge on any atom is -0.391 e. The van der Waals surface area contributed by atoms with Crippen LogP contribution in [0.4, 0.5) is 5.00 Å². The van der Waals surface area contributed by atoms with Crippen molar-refractivity contribution in [3.05, 3.63) is 18.3 Å². The number of nitrogen functional groups attached to an aromatic ring is 1. The number of fused-ring (bicyclic) bond motifs is 1. The van der Waals surface area contributed by atoms with E-state index in [1.54, 1.807) is 11.3 Å². The summed E-state index contributed by atoms with van der Waals surface area (Å²) >= 11 is 1.66. The van der Waals surface area contributed by atoms with Gasteiger partial charge in [-0.25, -0.2) is 0 Å². The van der Waals surface area contributed by atoms with Gasteiger partial charge in [-0.1, -0.05) is 6.92 Å². The van der Waals surface area contributed by atoms with Gasteiger partial charge in [0.05, 0.1) is 15.2 Å². The van der Waals surface area contributed by atoms with Gasteiger partial charge in [0.2, 0.25) is 0 Å². The Bertz CT molecular complexity index is 451. The Morgan fingerprint density at radius 2 is 2.21 bits per heavy atom. The monoisotopic (exact) mass is 208 g/mol. The molecular weight excluding hydrogens is 192 g/mol. The molecule has 0 aliphatic rings. The maximum absolute atomic E-state index is 5.79. The molecule has 0 saturated heterocycles. The second-order valence-corrected chi connectivity index (χ2v) is 5.37. The van der Waals surface area contributed by atoms with Gasteiger partial charge < -0.3 is 10.3 Å². The molecule has 0 radical (unpaired) electrons. The molecule has 2 aromatic rings. The molecule has 14 heavy (non-hydrogen) atoms. The van der Waals surface area contributed by atoms with E-state index in [0.717, 1.165) is 11.4 Å². The van der Waals surface area contributed by atoms with Gasteiger partial charge >= 0.3 is 0 Å². The van der Waals surface area contributed by atoms with E-state index in [4.69, 9.17) is 5.73 Å². The van der Waals surface area contributed by atoms with Crippen molar-refractivity contribution in [2.75, 3.05) is 5.73 Å². The maximum atomic E-state index is 5.79. The lowest BCUT2D eigenvalue weighted by atomic mass is 10.0. The zero-order valence-corrected chi connectivity index (χ0v) is 9.69. The molecule has 0 amide bonds. The highest BCUT2D eigenvalue weighted by Crippen LogP contribution is 2.33. The summed E-state index contributed by atoms with van der Waals surface area (Å²) in [7, 11) is 0. The quantitative estimate of drug-likeness (QED) is 0.805. The number of anilines is 1. The summed E-state index contributed by atoms with van der Waals surface area (Å²) in [6.07, 6.45) is 3.27. The van der Waals surface area contributed by atoms with Crippen LogP contribution < -0.4 is 5.73 Å². The molecule has 0 aliphatic carbocycles. The van der Waals surface area contributed by atoms with E-state index in [-0.39, 0.29) is 5.54 Å². The first-order chi connectivity index (χ1) is 6.54. The van der Waals surface area contributed by atoms with Crippen molar-refractivity contribution in [1.29, 1.82) is 0 Å². The van der Waals surface area contributed by atoms with Crippen LogP contribution in [0.25, 0.3) is 10.2 Å². The molecule has 0 spiro atoms. The van der Waals surface area contributed by atoms with Gasteiger partial charge in [-0.15, -0.1) is 11.3 Å². The zero-order chi connectivity index (χ0) is 10.3. The lowest BCUT2D eigenvalue weighted by Gasteiger charge is -2.26. The van der Waals surface area contributed by atoms with Crippen LogP contribution in [0, 0.1) is 0 Å². The normalized spacial score (nSPS) is 12.5. The molecule has 2 heterocycles. The summed E-state index contributed by atoms with van der Waals surface area (Å²) in [6, 6.07) is 4.21. The van der Waals surface area contributed by atoms with Crippen molar-refractivity contribution in [3.8, 4) is 0 Å². The Morgan fingerprint density at radius 3 is 2.86 bits per heavy atom. The molecule has 0 unspecified atom stereocenters. The average Bonchev–Trinajstić information content (AvgIpc) is 2.62. The second-order valence-electron chi connectivity index (χ2n) is 4.25. The van der Waals surface area contributed by atoms with Crippen molar-refractivity contribution >= 4 is 26.6 Å². The highest BCUT2D eigenvalue weighted by atomic mass is 32.1. The molecular formula is C11H16N2S. The third-order valence-corrected chi connectivity index (χ3v) is 3.83. The van der Waals surface area contributed by atoms with Crippen molar-refractivity contribution in [1.82, 2.24) is 4.57 Å². The smallest absolute Gasteiger partial charge is 0.0884 e. The largest absolute Gasteiger partial charge is 0.391 e. The number of aromatic nitrogens is 1. The van der Waals surface area contributed by atoms with Crippen molar-refractivity contribution < 1.29 is 0 Å². The topological polar surface area (TPSA) is 30.9 Å². The SMILES string of the molecule is CCC(C)(C)n1ccc2sc(N)cc21. The van der Waals surface area contributed by atoms with Crippen LogP contribution >= 0.6 is 11.3 Å². The number of nitrogens with two attached hydrogens (primary N) is 1. The van der Waals surface area contributed by atoms with Gasteiger partial charge in [-0.3, -0.25) is 0 Å². The van der Waals surface area contributed by atoms with Crippen LogP contribution in [0.5, 0.6) is 0 Å². The van der Waals surface area contributed by atoms with Crippen molar-refractivity contribution in [2.24, 2.45) is 0 Å². The van der Waals surface area contributed by atoms with E-state index < -0.39 is 0 Å². The average molecular weight is 208 g/mol. The fourth-order valence-electron chi connectivity index (χ4n) is 1.64. The summed E-state index contributed by atoms with van der Waals surface area (Å²) in [4.78, 5) is 0. The van der Waals surface area contributed by atoms with Crippen LogP contribution in [0.15, 0.2) is 18.3 Å². The minimum absolute atomic E-state index is 0.176. The molecule has 0 atom stereocenters. The lowest BCUT2D eigenvalue weighted by molar-refractivity contribution is 0.354. The zero-order valence-electron chi connectivity index (χ0n) is 8.87. The first kappa shape index (κ1) is 9.59. The highest BCUT2D eigenvalue weighted by Gasteiger charge is 2.19. The molecule has 0 aliphatic heterocycles. The van der Waals surface area contributed by atoms with Crippen molar-refractivity contribution in [3.63, 3.8) is 0 Å². The molecule has 2 rings (SSSR count). The number of rotatable bonds is 2. The number of nitrogens with zero attached hydrogens (tertiary/aromatic N) is 1. The summed E-state index contributed by atoms with van der Waals surface area (Å²) in [5.41, 5.74) is 7.23. The number of thiophene rings is 1. The summed E-state index contributed by atoms with van der Waals surface area (Å²) in [6.45, 7) is 6.71. The van der Waals surface area contributed by atoms with E-state index in [1.165, 1.54) is 10.2 Å². The summed E-state index contributed by atoms with van der Waals surface area (Å²) in [5, 5.41) is 0.899. The Hall–Kier alpha value is -0.960. The van der Waals surface area contributed by atoms with E-state index in [9.17, 15) is 0 Å². The lowest BCUT2D eigenvalue weighted by Crippen LogP contribution is -2.23.